The molecule has 3 aromatic rings. The molecule has 0 bridgehead atoms. The summed E-state index contributed by atoms with van der Waals surface area (Å²) in [4.78, 5) is 27.3. The largest absolute Gasteiger partial charge is 0.322 e. The fraction of sp³-hybridized carbons (Fsp3) is 0.333. The summed E-state index contributed by atoms with van der Waals surface area (Å²) in [5.41, 5.74) is 7.04. The molecule has 5 heteroatoms. The Morgan fingerprint density at radius 1 is 0.943 bits per heavy atom. The van der Waals surface area contributed by atoms with Crippen LogP contribution in [0.1, 0.15) is 70.6 Å². The maximum absolute atomic E-state index is 12.7. The average Bonchev–Trinajstić information content (AvgIpc) is 3.25. The van der Waals surface area contributed by atoms with E-state index in [1.807, 2.05) is 47.4 Å². The number of thioether (sulfide) groups is 1. The van der Waals surface area contributed by atoms with Gasteiger partial charge in [-0.1, -0.05) is 56.5 Å². The van der Waals surface area contributed by atoms with Crippen LogP contribution >= 0.6 is 11.8 Å². The maximum Gasteiger partial charge on any atom is 0.255 e. The maximum atomic E-state index is 12.7. The number of nitrogens with one attached hydrogen (secondary N) is 1. The van der Waals surface area contributed by atoms with Gasteiger partial charge < -0.3 is 5.32 Å². The first-order chi connectivity index (χ1) is 17.0. The van der Waals surface area contributed by atoms with Crippen molar-refractivity contribution in [3.63, 3.8) is 0 Å². The number of aryl methyl sites for hydroxylation is 3. The number of anilines is 2. The molecule has 0 aromatic heterocycles. The predicted molar refractivity (Wildman–Crippen MR) is 147 cm³/mol. The molecule has 1 atom stereocenters. The SMILES string of the molecule is CCCCCCc1ccc(C(=O)Nc2ccc(C3SCC(=O)N3c3ccc(C)c(C)c3)cc2)cc1. The number of carbonyl (C=O) groups is 2. The fourth-order valence-electron chi connectivity index (χ4n) is 4.34. The zero-order chi connectivity index (χ0) is 24.8. The fourth-order valence-corrected chi connectivity index (χ4v) is 5.52. The van der Waals surface area contributed by atoms with Gasteiger partial charge in [-0.2, -0.15) is 0 Å². The lowest BCUT2D eigenvalue weighted by atomic mass is 10.0. The molecule has 0 radical (unpaired) electrons. The zero-order valence-electron chi connectivity index (χ0n) is 20.8. The Morgan fingerprint density at radius 2 is 1.69 bits per heavy atom. The van der Waals surface area contributed by atoms with Crippen molar-refractivity contribution in [2.45, 2.75) is 58.2 Å². The molecular formula is C30H34N2O2S. The van der Waals surface area contributed by atoms with Gasteiger partial charge in [0.15, 0.2) is 0 Å². The highest BCUT2D eigenvalue weighted by molar-refractivity contribution is 8.00. The molecule has 1 N–H and O–H groups in total. The van der Waals surface area contributed by atoms with Crippen molar-refractivity contribution in [1.29, 1.82) is 0 Å². The second-order valence-electron chi connectivity index (χ2n) is 9.28. The highest BCUT2D eigenvalue weighted by Crippen LogP contribution is 2.42. The standard InChI is InChI=1S/C30H34N2O2S/c1-4-5-6-7-8-23-10-12-24(13-11-23)29(34)31-26-16-14-25(15-17-26)30-32(28(33)20-35-30)27-18-9-21(2)22(3)19-27/h9-19,30H,4-8,20H2,1-3H3,(H,31,34). The molecule has 0 spiro atoms. The molecule has 4 rings (SSSR count). The van der Waals surface area contributed by atoms with E-state index < -0.39 is 0 Å². The van der Waals surface area contributed by atoms with E-state index in [2.05, 4.69) is 50.4 Å². The van der Waals surface area contributed by atoms with Crippen LogP contribution in [0.4, 0.5) is 11.4 Å². The summed E-state index contributed by atoms with van der Waals surface area (Å²) in [5.74, 6) is 0.469. The van der Waals surface area contributed by atoms with Gasteiger partial charge in [-0.15, -0.1) is 11.8 Å². The first kappa shape index (κ1) is 25.1. The Hall–Kier alpha value is -3.05. The topological polar surface area (TPSA) is 49.4 Å². The first-order valence-corrected chi connectivity index (χ1v) is 13.5. The van der Waals surface area contributed by atoms with E-state index in [0.717, 1.165) is 23.4 Å². The third-order valence-electron chi connectivity index (χ3n) is 6.63. The number of hydrogen-bond acceptors (Lipinski definition) is 3. The molecule has 4 nitrogen and oxygen atoms in total. The van der Waals surface area contributed by atoms with Crippen LogP contribution in [-0.2, 0) is 11.2 Å². The lowest BCUT2D eigenvalue weighted by Gasteiger charge is -2.25. The number of hydrogen-bond donors (Lipinski definition) is 1. The molecule has 1 fully saturated rings. The molecule has 0 saturated carbocycles. The Balaban J connectivity index is 1.40. The number of rotatable bonds is 9. The lowest BCUT2D eigenvalue weighted by molar-refractivity contribution is -0.115. The smallest absolute Gasteiger partial charge is 0.255 e. The van der Waals surface area contributed by atoms with Crippen molar-refractivity contribution in [3.05, 3.63) is 94.5 Å². The first-order valence-electron chi connectivity index (χ1n) is 12.5. The molecule has 1 heterocycles. The number of amides is 2. The Labute approximate surface area is 213 Å². The number of unbranched alkanes of at least 4 members (excludes halogenated alkanes) is 3. The van der Waals surface area contributed by atoms with E-state index in [9.17, 15) is 9.59 Å². The van der Waals surface area contributed by atoms with Crippen molar-refractivity contribution in [3.8, 4) is 0 Å². The van der Waals surface area contributed by atoms with Crippen molar-refractivity contribution in [1.82, 2.24) is 0 Å². The molecule has 0 aliphatic carbocycles. The molecule has 1 aliphatic heterocycles. The van der Waals surface area contributed by atoms with Crippen LogP contribution in [0.15, 0.2) is 66.7 Å². The van der Waals surface area contributed by atoms with Gasteiger partial charge in [0, 0.05) is 16.9 Å². The molecule has 1 unspecified atom stereocenters. The Kier molecular flexibility index (Phi) is 8.29. The van der Waals surface area contributed by atoms with Crippen molar-refractivity contribution in [2.24, 2.45) is 0 Å². The normalized spacial score (nSPS) is 15.5. The van der Waals surface area contributed by atoms with Crippen LogP contribution in [0.3, 0.4) is 0 Å². The number of nitrogens with zero attached hydrogens (tertiary/aromatic N) is 1. The van der Waals surface area contributed by atoms with Gasteiger partial charge in [0.25, 0.3) is 5.91 Å². The van der Waals surface area contributed by atoms with Gasteiger partial charge in [0.1, 0.15) is 5.37 Å². The minimum absolute atomic E-state index is 0.0702. The molecule has 182 valence electrons. The lowest BCUT2D eigenvalue weighted by Crippen LogP contribution is -2.27. The van der Waals surface area contributed by atoms with Crippen molar-refractivity contribution < 1.29 is 9.59 Å². The molecule has 1 saturated heterocycles. The minimum atomic E-state index is -0.113. The van der Waals surface area contributed by atoms with Crippen LogP contribution < -0.4 is 10.2 Å². The summed E-state index contributed by atoms with van der Waals surface area (Å²) in [7, 11) is 0. The summed E-state index contributed by atoms with van der Waals surface area (Å²) in [6, 6.07) is 21.9. The van der Waals surface area contributed by atoms with Gasteiger partial charge in [-0.3, -0.25) is 14.5 Å². The predicted octanol–water partition coefficient (Wildman–Crippen LogP) is 7.46. The van der Waals surface area contributed by atoms with E-state index in [1.54, 1.807) is 11.8 Å². The molecule has 2 amide bonds. The minimum Gasteiger partial charge on any atom is -0.322 e. The van der Waals surface area contributed by atoms with E-state index in [4.69, 9.17) is 0 Å². The van der Waals surface area contributed by atoms with Gasteiger partial charge in [-0.25, -0.2) is 0 Å². The zero-order valence-corrected chi connectivity index (χ0v) is 21.7. The van der Waals surface area contributed by atoms with Gasteiger partial charge in [0.05, 0.1) is 5.75 Å². The summed E-state index contributed by atoms with van der Waals surface area (Å²) in [5, 5.41) is 2.92. The summed E-state index contributed by atoms with van der Waals surface area (Å²) in [6.07, 6.45) is 6.02. The molecule has 35 heavy (non-hydrogen) atoms. The summed E-state index contributed by atoms with van der Waals surface area (Å²) in [6.45, 7) is 6.36. The molecule has 3 aromatic carbocycles. The van der Waals surface area contributed by atoms with Crippen molar-refractivity contribution >= 4 is 35.0 Å². The summed E-state index contributed by atoms with van der Waals surface area (Å²) < 4.78 is 0. The van der Waals surface area contributed by atoms with E-state index in [1.165, 1.54) is 42.4 Å². The van der Waals surface area contributed by atoms with Crippen molar-refractivity contribution in [2.75, 3.05) is 16.0 Å². The van der Waals surface area contributed by atoms with E-state index >= 15 is 0 Å². The average molecular weight is 487 g/mol. The Bertz CT molecular complexity index is 1170. The van der Waals surface area contributed by atoms with Gasteiger partial charge in [-0.05, 0) is 85.3 Å². The van der Waals surface area contributed by atoms with E-state index in [0.29, 0.717) is 11.3 Å². The third kappa shape index (κ3) is 6.15. The highest BCUT2D eigenvalue weighted by atomic mass is 32.2. The van der Waals surface area contributed by atoms with Crippen LogP contribution in [0, 0.1) is 13.8 Å². The third-order valence-corrected chi connectivity index (χ3v) is 7.84. The van der Waals surface area contributed by atoms with Crippen LogP contribution in [-0.4, -0.2) is 17.6 Å². The van der Waals surface area contributed by atoms with Gasteiger partial charge >= 0.3 is 0 Å². The second kappa shape index (κ2) is 11.6. The number of benzene rings is 3. The monoisotopic (exact) mass is 486 g/mol. The molecule has 1 aliphatic rings. The quantitative estimate of drug-likeness (QED) is 0.319. The molecular weight excluding hydrogens is 452 g/mol. The Morgan fingerprint density at radius 3 is 2.37 bits per heavy atom. The second-order valence-corrected chi connectivity index (χ2v) is 10.3. The van der Waals surface area contributed by atoms with Crippen LogP contribution in [0.2, 0.25) is 0 Å². The number of carbonyl (C=O) groups excluding carboxylic acids is 2. The highest BCUT2D eigenvalue weighted by Gasteiger charge is 2.34. The van der Waals surface area contributed by atoms with Crippen LogP contribution in [0.25, 0.3) is 0 Å². The van der Waals surface area contributed by atoms with Crippen LogP contribution in [0.5, 0.6) is 0 Å². The van der Waals surface area contributed by atoms with Gasteiger partial charge in [0.2, 0.25) is 5.91 Å². The summed E-state index contributed by atoms with van der Waals surface area (Å²) >= 11 is 1.63. The van der Waals surface area contributed by atoms with E-state index in [-0.39, 0.29) is 17.2 Å².